The van der Waals surface area contributed by atoms with Crippen LogP contribution in [0, 0.1) is 12.5 Å². The van der Waals surface area contributed by atoms with E-state index in [4.69, 9.17) is 5.53 Å². The summed E-state index contributed by atoms with van der Waals surface area (Å²) in [6.07, 6.45) is 1.12. The predicted molar refractivity (Wildman–Crippen MR) is 102 cm³/mol. The molecule has 0 saturated carbocycles. The highest BCUT2D eigenvalue weighted by Crippen LogP contribution is 2.42. The first-order valence-corrected chi connectivity index (χ1v) is 10.0. The molecule has 0 bridgehead atoms. The molecule has 1 aliphatic heterocycles. The molecule has 0 atom stereocenters. The van der Waals surface area contributed by atoms with E-state index < -0.39 is 15.4 Å². The average molecular weight is 369 g/mol. The minimum Gasteiger partial charge on any atom is -0.207 e. The minimum atomic E-state index is -3.52. The van der Waals surface area contributed by atoms with Gasteiger partial charge in [-0.3, -0.25) is 0 Å². The molecule has 6 heteroatoms. The number of nitrogens with zero attached hydrogens (tertiary/aromatic N) is 2. The van der Waals surface area contributed by atoms with Crippen LogP contribution in [0.25, 0.3) is 0 Å². The van der Waals surface area contributed by atoms with Crippen molar-refractivity contribution in [3.05, 3.63) is 78.0 Å². The molecular formula is C20H23N3O2S. The van der Waals surface area contributed by atoms with Crippen molar-refractivity contribution in [2.75, 3.05) is 13.1 Å². The standard InChI is InChI=1S/C20H23N3O2S/c1-16-8-10-19(11-9-16)26(24,25)23-14-12-20(13-15-23,17(2)22-21)18-6-4-3-5-7-18/h3-11,21H,2,12-15H2,1H3. The highest BCUT2D eigenvalue weighted by Gasteiger charge is 2.42. The topological polar surface area (TPSA) is 73.6 Å². The van der Waals surface area contributed by atoms with Crippen LogP contribution < -0.4 is 0 Å². The van der Waals surface area contributed by atoms with Crippen molar-refractivity contribution < 1.29 is 8.42 Å². The summed E-state index contributed by atoms with van der Waals surface area (Å²) >= 11 is 0. The lowest BCUT2D eigenvalue weighted by molar-refractivity contribution is 0.259. The highest BCUT2D eigenvalue weighted by molar-refractivity contribution is 7.89. The highest BCUT2D eigenvalue weighted by atomic mass is 32.2. The van der Waals surface area contributed by atoms with Crippen LogP contribution in [-0.2, 0) is 15.4 Å². The van der Waals surface area contributed by atoms with Gasteiger partial charge in [0.15, 0.2) is 0 Å². The van der Waals surface area contributed by atoms with E-state index >= 15 is 0 Å². The molecule has 26 heavy (non-hydrogen) atoms. The van der Waals surface area contributed by atoms with Gasteiger partial charge >= 0.3 is 0 Å². The summed E-state index contributed by atoms with van der Waals surface area (Å²) in [6, 6.07) is 16.8. The number of nitrogens with one attached hydrogen (secondary N) is 1. The summed E-state index contributed by atoms with van der Waals surface area (Å²) in [4.78, 5) is 0.319. The van der Waals surface area contributed by atoms with Gasteiger partial charge in [-0.25, -0.2) is 13.9 Å². The fourth-order valence-corrected chi connectivity index (χ4v) is 5.02. The third kappa shape index (κ3) is 3.22. The van der Waals surface area contributed by atoms with Crippen molar-refractivity contribution in [2.45, 2.75) is 30.1 Å². The molecule has 5 nitrogen and oxygen atoms in total. The Balaban J connectivity index is 1.87. The second-order valence-electron chi connectivity index (χ2n) is 6.72. The van der Waals surface area contributed by atoms with E-state index in [0.29, 0.717) is 36.5 Å². The first-order valence-electron chi connectivity index (χ1n) is 8.59. The van der Waals surface area contributed by atoms with Gasteiger partial charge in [-0.05, 0) is 37.5 Å². The number of aryl methyl sites for hydroxylation is 1. The van der Waals surface area contributed by atoms with Crippen molar-refractivity contribution in [1.82, 2.24) is 4.31 Å². The molecule has 1 saturated heterocycles. The van der Waals surface area contributed by atoms with Crippen LogP contribution in [0.1, 0.15) is 24.0 Å². The number of piperidine rings is 1. The zero-order valence-electron chi connectivity index (χ0n) is 14.9. The summed E-state index contributed by atoms with van der Waals surface area (Å²) in [5.74, 6) is 0. The summed E-state index contributed by atoms with van der Waals surface area (Å²) in [6.45, 7) is 6.66. The maximum Gasteiger partial charge on any atom is 0.243 e. The van der Waals surface area contributed by atoms with Crippen LogP contribution in [-0.4, -0.2) is 25.8 Å². The number of hydrogen-bond acceptors (Lipinski definition) is 4. The summed E-state index contributed by atoms with van der Waals surface area (Å²) < 4.78 is 27.4. The molecule has 0 aliphatic carbocycles. The molecule has 0 unspecified atom stereocenters. The van der Waals surface area contributed by atoms with E-state index in [1.807, 2.05) is 49.4 Å². The average Bonchev–Trinajstić information content (AvgIpc) is 2.68. The lowest BCUT2D eigenvalue weighted by Crippen LogP contribution is -2.45. The molecule has 2 aromatic carbocycles. The molecule has 2 aromatic rings. The summed E-state index contributed by atoms with van der Waals surface area (Å²) in [5.41, 5.74) is 9.50. The largest absolute Gasteiger partial charge is 0.243 e. The molecule has 136 valence electrons. The first-order chi connectivity index (χ1) is 12.4. The maximum absolute atomic E-state index is 12.9. The normalized spacial score (nSPS) is 17.6. The Bertz CT molecular complexity index is 898. The van der Waals surface area contributed by atoms with E-state index in [2.05, 4.69) is 11.7 Å². The van der Waals surface area contributed by atoms with Crippen molar-refractivity contribution in [3.8, 4) is 0 Å². The zero-order chi connectivity index (χ0) is 18.8. The SMILES string of the molecule is C=C(N=N)C1(c2ccccc2)CCN(S(=O)(=O)c2ccc(C)cc2)CC1. The van der Waals surface area contributed by atoms with Crippen LogP contribution in [0.2, 0.25) is 0 Å². The fourth-order valence-electron chi connectivity index (χ4n) is 3.58. The van der Waals surface area contributed by atoms with Gasteiger partial charge < -0.3 is 0 Å². The Morgan fingerprint density at radius 3 is 2.19 bits per heavy atom. The van der Waals surface area contributed by atoms with Crippen LogP contribution in [0.3, 0.4) is 0 Å². The van der Waals surface area contributed by atoms with Crippen LogP contribution in [0.4, 0.5) is 0 Å². The number of allylic oxidation sites excluding steroid dienone is 1. The lowest BCUT2D eigenvalue weighted by atomic mass is 9.71. The second-order valence-corrected chi connectivity index (χ2v) is 8.66. The summed E-state index contributed by atoms with van der Waals surface area (Å²) in [5, 5.41) is 3.60. The quantitative estimate of drug-likeness (QED) is 0.800. The zero-order valence-corrected chi connectivity index (χ0v) is 15.7. The summed E-state index contributed by atoms with van der Waals surface area (Å²) in [7, 11) is -3.52. The van der Waals surface area contributed by atoms with Gasteiger partial charge in [-0.15, -0.1) is 0 Å². The number of rotatable bonds is 5. The van der Waals surface area contributed by atoms with E-state index in [-0.39, 0.29) is 0 Å². The van der Waals surface area contributed by atoms with Crippen LogP contribution in [0.5, 0.6) is 0 Å². The Morgan fingerprint density at radius 2 is 1.65 bits per heavy atom. The second kappa shape index (κ2) is 7.13. The third-order valence-corrected chi connectivity index (χ3v) is 7.16. The van der Waals surface area contributed by atoms with E-state index in [1.54, 1.807) is 12.1 Å². The molecule has 0 aromatic heterocycles. The Kier molecular flexibility index (Phi) is 5.07. The molecule has 1 fully saturated rings. The van der Waals surface area contributed by atoms with Crippen molar-refractivity contribution in [2.24, 2.45) is 5.11 Å². The van der Waals surface area contributed by atoms with Gasteiger partial charge in [0.25, 0.3) is 0 Å². The number of sulfonamides is 1. The Hall–Kier alpha value is -2.31. The van der Waals surface area contributed by atoms with Gasteiger partial charge in [0, 0.05) is 18.5 Å². The minimum absolute atomic E-state index is 0.319. The van der Waals surface area contributed by atoms with E-state index in [0.717, 1.165) is 11.1 Å². The molecule has 1 heterocycles. The molecule has 0 amide bonds. The van der Waals surface area contributed by atoms with E-state index in [9.17, 15) is 8.42 Å². The van der Waals surface area contributed by atoms with Crippen molar-refractivity contribution >= 4 is 10.0 Å². The van der Waals surface area contributed by atoms with Gasteiger partial charge in [0.2, 0.25) is 10.0 Å². The molecular weight excluding hydrogens is 346 g/mol. The third-order valence-electron chi connectivity index (χ3n) is 5.25. The maximum atomic E-state index is 12.9. The molecule has 1 N–H and O–H groups in total. The van der Waals surface area contributed by atoms with Crippen LogP contribution >= 0.6 is 0 Å². The fraction of sp³-hybridized carbons (Fsp3) is 0.300. The van der Waals surface area contributed by atoms with Crippen molar-refractivity contribution in [3.63, 3.8) is 0 Å². The van der Waals surface area contributed by atoms with Crippen molar-refractivity contribution in [1.29, 1.82) is 5.53 Å². The number of benzene rings is 2. The first kappa shape index (κ1) is 18.5. The van der Waals surface area contributed by atoms with Gasteiger partial charge in [0.1, 0.15) is 0 Å². The molecule has 0 radical (unpaired) electrons. The van der Waals surface area contributed by atoms with Gasteiger partial charge in [0.05, 0.1) is 10.6 Å². The van der Waals surface area contributed by atoms with E-state index in [1.165, 1.54) is 4.31 Å². The predicted octanol–water partition coefficient (Wildman–Crippen LogP) is 4.26. The number of hydrogen-bond donors (Lipinski definition) is 1. The lowest BCUT2D eigenvalue weighted by Gasteiger charge is -2.41. The van der Waals surface area contributed by atoms with Crippen LogP contribution in [0.15, 0.2) is 76.9 Å². The van der Waals surface area contributed by atoms with Gasteiger partial charge in [-0.2, -0.15) is 9.42 Å². The molecule has 1 aliphatic rings. The van der Waals surface area contributed by atoms with Gasteiger partial charge in [-0.1, -0.05) is 54.6 Å². The molecule has 0 spiro atoms. The molecule has 3 rings (SSSR count). The Morgan fingerprint density at radius 1 is 1.08 bits per heavy atom. The Labute approximate surface area is 154 Å². The smallest absolute Gasteiger partial charge is 0.207 e. The monoisotopic (exact) mass is 369 g/mol.